The lowest BCUT2D eigenvalue weighted by Crippen LogP contribution is -2.00. The summed E-state index contributed by atoms with van der Waals surface area (Å²) in [6, 6.07) is 6.82. The zero-order valence-corrected chi connectivity index (χ0v) is 10.8. The second-order valence-corrected chi connectivity index (χ2v) is 4.54. The number of carbonyl (C=O) groups is 1. The molecule has 0 N–H and O–H groups in total. The lowest BCUT2D eigenvalue weighted by atomic mass is 10.1. The molecule has 19 heavy (non-hydrogen) atoms. The summed E-state index contributed by atoms with van der Waals surface area (Å²) in [6.45, 7) is 1.88. The van der Waals surface area contributed by atoms with Crippen molar-refractivity contribution < 1.29 is 9.21 Å². The van der Waals surface area contributed by atoms with E-state index in [0.717, 1.165) is 5.69 Å². The summed E-state index contributed by atoms with van der Waals surface area (Å²) in [6.07, 6.45) is 2.95. The van der Waals surface area contributed by atoms with Gasteiger partial charge in [0.1, 0.15) is 5.52 Å². The van der Waals surface area contributed by atoms with Gasteiger partial charge in [0.2, 0.25) is 5.78 Å². The highest BCUT2D eigenvalue weighted by atomic mass is 35.5. The minimum absolute atomic E-state index is 0.223. The number of furan rings is 1. The fourth-order valence-corrected chi connectivity index (χ4v) is 2.03. The molecule has 0 aromatic carbocycles. The molecule has 0 saturated heterocycles. The van der Waals surface area contributed by atoms with Crippen molar-refractivity contribution in [2.45, 2.75) is 6.92 Å². The van der Waals surface area contributed by atoms with Gasteiger partial charge < -0.3 is 4.42 Å². The van der Waals surface area contributed by atoms with Crippen molar-refractivity contribution in [2.75, 3.05) is 0 Å². The molecule has 0 aliphatic rings. The molecule has 3 heterocycles. The first-order valence-corrected chi connectivity index (χ1v) is 6.04. The van der Waals surface area contributed by atoms with Crippen LogP contribution in [0.4, 0.5) is 0 Å². The third-order valence-electron chi connectivity index (χ3n) is 2.75. The molecule has 0 saturated carbocycles. The monoisotopic (exact) mass is 272 g/mol. The maximum atomic E-state index is 12.3. The molecule has 0 aliphatic carbocycles. The van der Waals surface area contributed by atoms with Crippen molar-refractivity contribution in [1.82, 2.24) is 9.97 Å². The highest BCUT2D eigenvalue weighted by molar-refractivity contribution is 6.34. The van der Waals surface area contributed by atoms with Gasteiger partial charge in [-0.05, 0) is 25.1 Å². The Balaban J connectivity index is 2.09. The summed E-state index contributed by atoms with van der Waals surface area (Å²) in [5.41, 5.74) is 2.48. The Labute approximate surface area is 114 Å². The van der Waals surface area contributed by atoms with Gasteiger partial charge in [-0.1, -0.05) is 11.6 Å². The van der Waals surface area contributed by atoms with E-state index in [4.69, 9.17) is 16.0 Å². The largest absolute Gasteiger partial charge is 0.451 e. The van der Waals surface area contributed by atoms with Gasteiger partial charge in [0.05, 0.1) is 5.02 Å². The molecule has 0 unspecified atom stereocenters. The van der Waals surface area contributed by atoms with Crippen molar-refractivity contribution in [3.05, 3.63) is 58.7 Å². The molecule has 3 aromatic heterocycles. The van der Waals surface area contributed by atoms with Crippen LogP contribution in [0.5, 0.6) is 0 Å². The maximum Gasteiger partial charge on any atom is 0.229 e. The van der Waals surface area contributed by atoms with Crippen LogP contribution in [0, 0.1) is 6.92 Å². The summed E-state index contributed by atoms with van der Waals surface area (Å²) in [5, 5.41) is 0.303. The molecule has 0 aliphatic heterocycles. The van der Waals surface area contributed by atoms with Crippen LogP contribution < -0.4 is 0 Å². The number of nitrogens with zero attached hydrogens (tertiary/aromatic N) is 2. The summed E-state index contributed by atoms with van der Waals surface area (Å²) < 4.78 is 5.50. The van der Waals surface area contributed by atoms with Gasteiger partial charge in [-0.15, -0.1) is 0 Å². The summed E-state index contributed by atoms with van der Waals surface area (Å²) in [7, 11) is 0. The molecular formula is C14H9ClN2O2. The van der Waals surface area contributed by atoms with Crippen LogP contribution in [0.15, 0.2) is 41.1 Å². The number of rotatable bonds is 2. The molecule has 0 radical (unpaired) electrons. The van der Waals surface area contributed by atoms with Gasteiger partial charge >= 0.3 is 0 Å². The van der Waals surface area contributed by atoms with Crippen molar-refractivity contribution >= 4 is 28.5 Å². The average Bonchev–Trinajstić information content (AvgIpc) is 2.81. The third-order valence-corrected chi connectivity index (χ3v) is 3.05. The second kappa shape index (κ2) is 4.48. The first kappa shape index (κ1) is 11.9. The van der Waals surface area contributed by atoms with E-state index in [1.165, 1.54) is 12.4 Å². The van der Waals surface area contributed by atoms with E-state index in [1.807, 2.05) is 13.0 Å². The number of hydrogen-bond acceptors (Lipinski definition) is 4. The first-order chi connectivity index (χ1) is 9.15. The number of aryl methyl sites for hydroxylation is 1. The fraction of sp³-hybridized carbons (Fsp3) is 0.0714. The van der Waals surface area contributed by atoms with Gasteiger partial charge in [-0.2, -0.15) is 0 Å². The molecule has 0 amide bonds. The number of halogens is 1. The molecule has 0 bridgehead atoms. The fourth-order valence-electron chi connectivity index (χ4n) is 1.83. The Morgan fingerprint density at radius 2 is 2.16 bits per heavy atom. The molecule has 5 heteroatoms. The van der Waals surface area contributed by atoms with E-state index in [2.05, 4.69) is 9.97 Å². The lowest BCUT2D eigenvalue weighted by molar-refractivity contribution is 0.101. The van der Waals surface area contributed by atoms with Gasteiger partial charge in [-0.25, -0.2) is 4.98 Å². The van der Waals surface area contributed by atoms with Crippen LogP contribution in [0.1, 0.15) is 21.8 Å². The van der Waals surface area contributed by atoms with Crippen molar-refractivity contribution in [2.24, 2.45) is 0 Å². The Kier molecular flexibility index (Phi) is 2.80. The van der Waals surface area contributed by atoms with Crippen LogP contribution in [0.2, 0.25) is 5.02 Å². The zero-order chi connectivity index (χ0) is 13.4. The summed E-state index contributed by atoms with van der Waals surface area (Å²) >= 11 is 5.95. The minimum Gasteiger partial charge on any atom is -0.451 e. The topological polar surface area (TPSA) is 56.0 Å². The minimum atomic E-state index is -0.275. The Morgan fingerprint density at radius 3 is 2.95 bits per heavy atom. The van der Waals surface area contributed by atoms with Crippen molar-refractivity contribution in [1.29, 1.82) is 0 Å². The smallest absolute Gasteiger partial charge is 0.229 e. The zero-order valence-electron chi connectivity index (χ0n) is 10.1. The van der Waals surface area contributed by atoms with Crippen molar-refractivity contribution in [3.8, 4) is 0 Å². The lowest BCUT2D eigenvalue weighted by Gasteiger charge is -1.98. The first-order valence-electron chi connectivity index (χ1n) is 5.66. The molecule has 0 fully saturated rings. The quantitative estimate of drug-likeness (QED) is 0.671. The van der Waals surface area contributed by atoms with Crippen LogP contribution in [0.25, 0.3) is 11.1 Å². The average molecular weight is 273 g/mol. The van der Waals surface area contributed by atoms with Gasteiger partial charge in [-0.3, -0.25) is 9.78 Å². The second-order valence-electron chi connectivity index (χ2n) is 4.13. The summed E-state index contributed by atoms with van der Waals surface area (Å²) in [5.74, 6) is -0.0516. The third kappa shape index (κ3) is 2.11. The van der Waals surface area contributed by atoms with Crippen LogP contribution in [-0.2, 0) is 0 Å². The predicted molar refractivity (Wildman–Crippen MR) is 71.4 cm³/mol. The molecule has 94 valence electrons. The highest BCUT2D eigenvalue weighted by Gasteiger charge is 2.17. The molecule has 0 atom stereocenters. The number of hydrogen-bond donors (Lipinski definition) is 0. The SMILES string of the molecule is Cc1ccc2oc(C(=O)c3ccncc3Cl)cc2n1. The summed E-state index contributed by atoms with van der Waals surface area (Å²) in [4.78, 5) is 20.4. The molecule has 3 rings (SSSR count). The number of carbonyl (C=O) groups excluding carboxylic acids is 1. The predicted octanol–water partition coefficient (Wildman–Crippen LogP) is 3.42. The maximum absolute atomic E-state index is 12.3. The van der Waals surface area contributed by atoms with Crippen LogP contribution in [-0.4, -0.2) is 15.8 Å². The van der Waals surface area contributed by atoms with Crippen molar-refractivity contribution in [3.63, 3.8) is 0 Å². The van der Waals surface area contributed by atoms with E-state index >= 15 is 0 Å². The molecule has 3 aromatic rings. The van der Waals surface area contributed by atoms with Crippen LogP contribution >= 0.6 is 11.6 Å². The highest BCUT2D eigenvalue weighted by Crippen LogP contribution is 2.23. The number of pyridine rings is 2. The van der Waals surface area contributed by atoms with E-state index < -0.39 is 0 Å². The van der Waals surface area contributed by atoms with E-state index in [0.29, 0.717) is 21.7 Å². The normalized spacial score (nSPS) is 10.8. The molecular weight excluding hydrogens is 264 g/mol. The standard InChI is InChI=1S/C14H9ClN2O2/c1-8-2-3-12-11(17-8)6-13(19-12)14(18)9-4-5-16-7-10(9)15/h2-7H,1H3. The number of aromatic nitrogens is 2. The number of ketones is 1. The van der Waals surface area contributed by atoms with E-state index in [-0.39, 0.29) is 11.5 Å². The van der Waals surface area contributed by atoms with Gasteiger partial charge in [0, 0.05) is 29.7 Å². The van der Waals surface area contributed by atoms with E-state index in [1.54, 1.807) is 18.2 Å². The van der Waals surface area contributed by atoms with Crippen LogP contribution in [0.3, 0.4) is 0 Å². The van der Waals surface area contributed by atoms with Gasteiger partial charge in [0.15, 0.2) is 11.3 Å². The van der Waals surface area contributed by atoms with Gasteiger partial charge in [0.25, 0.3) is 0 Å². The molecule has 4 nitrogen and oxygen atoms in total. The van der Waals surface area contributed by atoms with E-state index in [9.17, 15) is 4.79 Å². The Bertz CT molecular complexity index is 780. The Morgan fingerprint density at radius 1 is 1.32 bits per heavy atom. The number of fused-ring (bicyclic) bond motifs is 1. The Hall–Kier alpha value is -2.20. The molecule has 0 spiro atoms.